The Morgan fingerprint density at radius 3 is 2.73 bits per heavy atom. The predicted molar refractivity (Wildman–Crippen MR) is 105 cm³/mol. The molecule has 1 unspecified atom stereocenters. The van der Waals surface area contributed by atoms with Gasteiger partial charge in [-0.15, -0.1) is 0 Å². The molecule has 2 rings (SSSR count). The zero-order valence-corrected chi connectivity index (χ0v) is 14.9. The Morgan fingerprint density at radius 1 is 1.12 bits per heavy atom. The minimum Gasteiger partial charge on any atom is -0.493 e. The fraction of sp³-hybridized carbons (Fsp3) is 0.455. The third kappa shape index (κ3) is 5.95. The Labute approximate surface area is 175 Å². The summed E-state index contributed by atoms with van der Waals surface area (Å²) in [6.07, 6.45) is -8.72. The van der Waals surface area contributed by atoms with Gasteiger partial charge in [0.05, 0.1) is 32.6 Å². The second-order valence-corrected chi connectivity index (χ2v) is 5.41. The number of hydrogen-bond acceptors (Lipinski definition) is 4. The van der Waals surface area contributed by atoms with Gasteiger partial charge >= 0.3 is 0 Å². The number of aliphatic hydroxyl groups is 1. The second-order valence-electron chi connectivity index (χ2n) is 5.41. The molecule has 0 heterocycles. The van der Waals surface area contributed by atoms with E-state index in [9.17, 15) is 5.11 Å². The van der Waals surface area contributed by atoms with Crippen molar-refractivity contribution < 1.29 is 37.1 Å². The first-order chi connectivity index (χ1) is 17.6. The van der Waals surface area contributed by atoms with Crippen molar-refractivity contribution in [3.8, 4) is 17.2 Å². The number of hydrogen-bond donors (Lipinski definition) is 1. The highest BCUT2D eigenvalue weighted by Crippen LogP contribution is 2.28. The quantitative estimate of drug-likeness (QED) is 0.669. The number of benzene rings is 2. The van der Waals surface area contributed by atoms with E-state index in [0.29, 0.717) is 11.1 Å². The summed E-state index contributed by atoms with van der Waals surface area (Å²) in [7, 11) is -1.92. The molecule has 0 saturated carbocycles. The highest BCUT2D eigenvalue weighted by Gasteiger charge is 2.07. The van der Waals surface area contributed by atoms with Crippen LogP contribution in [0.3, 0.4) is 0 Å². The van der Waals surface area contributed by atoms with Crippen molar-refractivity contribution in [2.24, 2.45) is 0 Å². The van der Waals surface area contributed by atoms with Crippen LogP contribution in [0.15, 0.2) is 36.3 Å². The van der Waals surface area contributed by atoms with E-state index in [1.165, 1.54) is 0 Å². The van der Waals surface area contributed by atoms with Crippen molar-refractivity contribution >= 4 is 0 Å². The molecule has 0 amide bonds. The average Bonchev–Trinajstić information content (AvgIpc) is 2.81. The van der Waals surface area contributed by atoms with Crippen LogP contribution in [0.1, 0.15) is 53.7 Å². The molecule has 0 bridgehead atoms. The molecule has 0 aliphatic heterocycles. The molecule has 0 fully saturated rings. The van der Waals surface area contributed by atoms with E-state index in [1.807, 2.05) is 0 Å². The maximum absolute atomic E-state index is 10.5. The number of methoxy groups -OCH3 is 2. The van der Waals surface area contributed by atoms with Crippen LogP contribution in [-0.2, 0) is 6.42 Å². The Bertz CT molecular complexity index is 1200. The molecule has 0 aliphatic carbocycles. The summed E-state index contributed by atoms with van der Waals surface area (Å²) in [6.45, 7) is 2.39. The molecule has 0 aliphatic rings. The molecule has 0 radical (unpaired) electrons. The van der Waals surface area contributed by atoms with E-state index in [2.05, 4.69) is 0 Å². The lowest BCUT2D eigenvalue weighted by Gasteiger charge is -2.13. The minimum absolute atomic E-state index is 0.177. The molecule has 0 saturated heterocycles. The number of rotatable bonds is 10. The lowest BCUT2D eigenvalue weighted by molar-refractivity contribution is 0.0976. The first-order valence-electron chi connectivity index (χ1n) is 14.4. The molecule has 2 aromatic carbocycles. The molecular formula is C22H30O4. The zero-order chi connectivity index (χ0) is 30.2. The van der Waals surface area contributed by atoms with E-state index in [0.717, 1.165) is 7.11 Å². The van der Waals surface area contributed by atoms with Crippen molar-refractivity contribution in [3.63, 3.8) is 0 Å². The van der Waals surface area contributed by atoms with Crippen LogP contribution in [0.25, 0.3) is 0 Å². The Kier molecular flexibility index (Phi) is 3.35. The monoisotopic (exact) mass is 371 g/mol. The molecule has 1 N–H and O–H groups in total. The van der Waals surface area contributed by atoms with E-state index in [1.54, 1.807) is 13.8 Å². The lowest BCUT2D eigenvalue weighted by Crippen LogP contribution is -2.17. The fourth-order valence-electron chi connectivity index (χ4n) is 1.93. The summed E-state index contributed by atoms with van der Waals surface area (Å²) in [6, 6.07) is -2.81. The summed E-state index contributed by atoms with van der Waals surface area (Å²) >= 11 is 0. The van der Waals surface area contributed by atoms with E-state index < -0.39 is 81.0 Å². The predicted octanol–water partition coefficient (Wildman–Crippen LogP) is 4.47. The largest absolute Gasteiger partial charge is 0.493 e. The van der Waals surface area contributed by atoms with Crippen LogP contribution in [-0.4, -0.2) is 32.0 Å². The molecule has 4 nitrogen and oxygen atoms in total. The first kappa shape index (κ1) is 8.66. The van der Waals surface area contributed by atoms with E-state index in [4.69, 9.17) is 32.0 Å². The maximum Gasteiger partial charge on any atom is 0.160 e. The van der Waals surface area contributed by atoms with Gasteiger partial charge in [0.25, 0.3) is 0 Å². The molecule has 0 aromatic heterocycles. The molecular weight excluding hydrogens is 328 g/mol. The molecule has 0 spiro atoms. The number of ether oxygens (including phenoxy) is 3. The SMILES string of the molecule is [2H]c1c([2H])c(OCC(O)C([2H])([2H])CC([2H])([2H])Cc2c([2H])c([2H])c(OC([2H])([2H])[2H])c(OC)c2[2H])c([2H])c(C)c1C. The van der Waals surface area contributed by atoms with Gasteiger partial charge in [0, 0.05) is 5.48 Å². The Balaban J connectivity index is 2.29. The molecule has 26 heavy (non-hydrogen) atoms. The Morgan fingerprint density at radius 2 is 1.96 bits per heavy atom. The van der Waals surface area contributed by atoms with Gasteiger partial charge in [-0.3, -0.25) is 0 Å². The van der Waals surface area contributed by atoms with Crippen molar-refractivity contribution in [3.05, 3.63) is 52.9 Å². The van der Waals surface area contributed by atoms with Crippen LogP contribution >= 0.6 is 0 Å². The third-order valence-corrected chi connectivity index (χ3v) is 3.48. The highest BCUT2D eigenvalue weighted by molar-refractivity contribution is 5.42. The van der Waals surface area contributed by atoms with Gasteiger partial charge in [-0.25, -0.2) is 0 Å². The lowest BCUT2D eigenvalue weighted by atomic mass is 10.0. The number of aliphatic hydroxyl groups excluding tert-OH is 1. The maximum atomic E-state index is 10.5. The zero-order valence-electron chi connectivity index (χ0n) is 27.9. The van der Waals surface area contributed by atoms with Crippen molar-refractivity contribution in [1.82, 2.24) is 0 Å². The summed E-state index contributed by atoms with van der Waals surface area (Å²) in [5, 5.41) is 10.5. The van der Waals surface area contributed by atoms with Gasteiger partial charge in [-0.05, 0) is 73.9 Å². The minimum atomic E-state index is -3.01. The van der Waals surface area contributed by atoms with Gasteiger partial charge in [0.1, 0.15) is 12.4 Å². The van der Waals surface area contributed by atoms with Crippen molar-refractivity contribution in [1.29, 1.82) is 0 Å². The van der Waals surface area contributed by atoms with Crippen molar-refractivity contribution in [2.45, 2.75) is 45.5 Å². The van der Waals surface area contributed by atoms with Gasteiger partial charge in [-0.2, -0.15) is 0 Å². The summed E-state index contributed by atoms with van der Waals surface area (Å²) in [4.78, 5) is 0. The van der Waals surface area contributed by atoms with Crippen LogP contribution < -0.4 is 14.2 Å². The Hall–Kier alpha value is -2.20. The molecule has 2 aromatic rings. The van der Waals surface area contributed by atoms with Crippen molar-refractivity contribution in [2.75, 3.05) is 20.8 Å². The summed E-state index contributed by atoms with van der Waals surface area (Å²) in [5.74, 6) is -1.48. The van der Waals surface area contributed by atoms with Gasteiger partial charge in [0.2, 0.25) is 0 Å². The third-order valence-electron chi connectivity index (χ3n) is 3.48. The van der Waals surface area contributed by atoms with Crippen LogP contribution in [0.5, 0.6) is 17.2 Å². The standard InChI is InChI=1S/C22H30O4/c1-16-9-11-20(13-17(16)2)26-15-19(23)8-6-5-7-18-10-12-21(24-3)22(14-18)25-4/h9-14,19,23H,5-8,15H2,1-4H3/i3D3,5D2,8D2,9D,10D,11D,12D,13D,14D. The van der Waals surface area contributed by atoms with Gasteiger partial charge < -0.3 is 19.3 Å². The van der Waals surface area contributed by atoms with Crippen LogP contribution in [0.2, 0.25) is 0 Å². The van der Waals surface area contributed by atoms with Crippen LogP contribution in [0, 0.1) is 13.8 Å². The van der Waals surface area contributed by atoms with Crippen LogP contribution in [0.4, 0.5) is 0 Å². The molecule has 1 atom stereocenters. The van der Waals surface area contributed by atoms with Gasteiger partial charge in [-0.1, -0.05) is 18.5 Å². The van der Waals surface area contributed by atoms with E-state index >= 15 is 0 Å². The summed E-state index contributed by atoms with van der Waals surface area (Å²) < 4.78 is 119. The second kappa shape index (κ2) is 10.1. The molecule has 142 valence electrons. The van der Waals surface area contributed by atoms with Gasteiger partial charge in [0.15, 0.2) is 11.5 Å². The molecule has 4 heteroatoms. The average molecular weight is 372 g/mol. The normalized spacial score (nSPS) is 20.7. The first-order valence-corrected chi connectivity index (χ1v) is 7.88. The summed E-state index contributed by atoms with van der Waals surface area (Å²) in [5.41, 5.74) is 0.447. The fourth-order valence-corrected chi connectivity index (χ4v) is 1.93. The van der Waals surface area contributed by atoms with E-state index in [-0.39, 0.29) is 23.4 Å². The topological polar surface area (TPSA) is 47.9 Å². The highest BCUT2D eigenvalue weighted by atomic mass is 16.5. The smallest absolute Gasteiger partial charge is 0.160 e.